The summed E-state index contributed by atoms with van der Waals surface area (Å²) in [5.74, 6) is 0.921. The highest BCUT2D eigenvalue weighted by atomic mass is 16.5. The highest BCUT2D eigenvalue weighted by Gasteiger charge is 1.97. The summed E-state index contributed by atoms with van der Waals surface area (Å²) >= 11 is 0. The molecule has 3 nitrogen and oxygen atoms in total. The third-order valence-corrected chi connectivity index (χ3v) is 6.31. The summed E-state index contributed by atoms with van der Waals surface area (Å²) in [6.07, 6.45) is 24.1. The van der Waals surface area contributed by atoms with Crippen LogP contribution < -0.4 is 10.2 Å². The molecule has 0 aliphatic heterocycles. The van der Waals surface area contributed by atoms with Crippen molar-refractivity contribution in [1.29, 1.82) is 0 Å². The Balaban J connectivity index is 1.39. The number of hydrogen-bond donors (Lipinski definition) is 1. The monoisotopic (exact) mass is 464 g/mol. The number of anilines is 1. The van der Waals surface area contributed by atoms with Crippen LogP contribution in [0.3, 0.4) is 0 Å². The minimum Gasteiger partial charge on any atom is -0.494 e. The Hall–Kier alpha value is -2.29. The maximum absolute atomic E-state index is 5.95. The lowest BCUT2D eigenvalue weighted by atomic mass is 10.0. The summed E-state index contributed by atoms with van der Waals surface area (Å²) in [7, 11) is 0. The molecule has 0 aliphatic rings. The van der Waals surface area contributed by atoms with E-state index in [4.69, 9.17) is 4.74 Å². The smallest absolute Gasteiger partial charge is 0.119 e. The molecule has 1 N–H and O–H groups in total. The summed E-state index contributed by atoms with van der Waals surface area (Å²) in [5, 5.41) is 4.30. The molecule has 188 valence electrons. The van der Waals surface area contributed by atoms with Crippen LogP contribution in [-0.4, -0.2) is 12.8 Å². The predicted molar refractivity (Wildman–Crippen MR) is 149 cm³/mol. The molecule has 0 aromatic heterocycles. The van der Waals surface area contributed by atoms with Crippen molar-refractivity contribution in [2.24, 2.45) is 5.10 Å². The van der Waals surface area contributed by atoms with E-state index in [2.05, 4.69) is 17.5 Å². The number of rotatable bonds is 21. The van der Waals surface area contributed by atoms with Gasteiger partial charge >= 0.3 is 0 Å². The number of unbranched alkanes of at least 4 members (excludes halogenated alkanes) is 15. The molecule has 0 saturated carbocycles. The van der Waals surface area contributed by atoms with Crippen LogP contribution in [0, 0.1) is 0 Å². The SMILES string of the molecule is CCCCCCCCCCCCCCCCCCOc1cccc(C=NNc2ccccc2)c1. The molecule has 0 heterocycles. The maximum Gasteiger partial charge on any atom is 0.119 e. The molecule has 0 saturated heterocycles. The summed E-state index contributed by atoms with van der Waals surface area (Å²) in [5.41, 5.74) is 5.06. The molecule has 2 aromatic rings. The first-order valence-electron chi connectivity index (χ1n) is 14.0. The summed E-state index contributed by atoms with van der Waals surface area (Å²) in [6.45, 7) is 3.08. The van der Waals surface area contributed by atoms with Crippen LogP contribution in [0.1, 0.15) is 115 Å². The molecule has 3 heteroatoms. The quantitative estimate of drug-likeness (QED) is 0.113. The molecule has 0 bridgehead atoms. The number of nitrogens with zero attached hydrogens (tertiary/aromatic N) is 1. The zero-order valence-corrected chi connectivity index (χ0v) is 21.6. The Labute approximate surface area is 209 Å². The van der Waals surface area contributed by atoms with Crippen LogP contribution >= 0.6 is 0 Å². The van der Waals surface area contributed by atoms with Gasteiger partial charge in [-0.25, -0.2) is 0 Å². The van der Waals surface area contributed by atoms with Gasteiger partial charge in [0.15, 0.2) is 0 Å². The third-order valence-electron chi connectivity index (χ3n) is 6.31. The molecule has 0 spiro atoms. The van der Waals surface area contributed by atoms with Crippen LogP contribution in [0.2, 0.25) is 0 Å². The van der Waals surface area contributed by atoms with Crippen molar-refractivity contribution < 1.29 is 4.74 Å². The molecular formula is C31H48N2O. The van der Waals surface area contributed by atoms with E-state index in [1.807, 2.05) is 60.8 Å². The van der Waals surface area contributed by atoms with Crippen LogP contribution in [0.15, 0.2) is 59.7 Å². The van der Waals surface area contributed by atoms with Crippen LogP contribution in [0.25, 0.3) is 0 Å². The second kappa shape index (κ2) is 20.1. The van der Waals surface area contributed by atoms with Gasteiger partial charge in [-0.3, -0.25) is 5.43 Å². The van der Waals surface area contributed by atoms with Crippen molar-refractivity contribution in [3.05, 3.63) is 60.2 Å². The highest BCUT2D eigenvalue weighted by Crippen LogP contribution is 2.15. The zero-order chi connectivity index (χ0) is 23.9. The van der Waals surface area contributed by atoms with Gasteiger partial charge in [0.1, 0.15) is 5.75 Å². The third kappa shape index (κ3) is 14.8. The van der Waals surface area contributed by atoms with Gasteiger partial charge in [0.05, 0.1) is 18.5 Å². The molecule has 0 atom stereocenters. The van der Waals surface area contributed by atoms with E-state index in [0.717, 1.165) is 30.0 Å². The molecule has 2 aromatic carbocycles. The van der Waals surface area contributed by atoms with Crippen LogP contribution in [0.4, 0.5) is 5.69 Å². The van der Waals surface area contributed by atoms with Crippen molar-refractivity contribution >= 4 is 11.9 Å². The number of hydrogen-bond acceptors (Lipinski definition) is 3. The molecule has 0 amide bonds. The first-order chi connectivity index (χ1) is 16.9. The normalized spacial score (nSPS) is 11.2. The molecule has 0 fully saturated rings. The van der Waals surface area contributed by atoms with Crippen molar-refractivity contribution in [3.8, 4) is 5.75 Å². The van der Waals surface area contributed by atoms with Gasteiger partial charge in [-0.2, -0.15) is 5.10 Å². The molecule has 0 aliphatic carbocycles. The van der Waals surface area contributed by atoms with Crippen molar-refractivity contribution in [2.75, 3.05) is 12.0 Å². The first-order valence-corrected chi connectivity index (χ1v) is 14.0. The van der Waals surface area contributed by atoms with Gasteiger partial charge in [-0.1, -0.05) is 134 Å². The largest absolute Gasteiger partial charge is 0.494 e. The Bertz CT molecular complexity index is 744. The fraction of sp³-hybridized carbons (Fsp3) is 0.581. The first kappa shape index (κ1) is 28.0. The van der Waals surface area contributed by atoms with E-state index in [1.165, 1.54) is 96.3 Å². The average Bonchev–Trinajstić information content (AvgIpc) is 2.87. The Morgan fingerprint density at radius 1 is 0.647 bits per heavy atom. The fourth-order valence-electron chi connectivity index (χ4n) is 4.22. The predicted octanol–water partition coefficient (Wildman–Crippen LogP) is 9.77. The van der Waals surface area contributed by atoms with E-state index in [1.54, 1.807) is 0 Å². The highest BCUT2D eigenvalue weighted by molar-refractivity contribution is 5.80. The summed E-state index contributed by atoms with van der Waals surface area (Å²) in [6, 6.07) is 18.1. The molecule has 0 unspecified atom stereocenters. The van der Waals surface area contributed by atoms with Gasteiger partial charge in [-0.15, -0.1) is 0 Å². The minimum atomic E-state index is 0.793. The Morgan fingerprint density at radius 3 is 1.79 bits per heavy atom. The lowest BCUT2D eigenvalue weighted by molar-refractivity contribution is 0.304. The van der Waals surface area contributed by atoms with Crippen molar-refractivity contribution in [1.82, 2.24) is 0 Å². The number of nitrogens with one attached hydrogen (secondary N) is 1. The standard InChI is InChI=1S/C31H48N2O/c1-2-3-4-5-6-7-8-9-10-11-12-13-14-15-16-20-26-34-31-25-21-22-29(27-31)28-32-33-30-23-18-17-19-24-30/h17-19,21-25,27-28,33H,2-16,20,26H2,1H3. The number of hydrazone groups is 1. The summed E-state index contributed by atoms with van der Waals surface area (Å²) < 4.78 is 5.95. The molecule has 34 heavy (non-hydrogen) atoms. The van der Waals surface area contributed by atoms with Crippen LogP contribution in [0.5, 0.6) is 5.75 Å². The number of ether oxygens (including phenoxy) is 1. The Morgan fingerprint density at radius 2 is 1.21 bits per heavy atom. The van der Waals surface area contributed by atoms with E-state index >= 15 is 0 Å². The summed E-state index contributed by atoms with van der Waals surface area (Å²) in [4.78, 5) is 0. The minimum absolute atomic E-state index is 0.793. The lowest BCUT2D eigenvalue weighted by Gasteiger charge is -2.07. The van der Waals surface area contributed by atoms with Gasteiger partial charge in [-0.05, 0) is 36.2 Å². The van der Waals surface area contributed by atoms with Gasteiger partial charge in [0, 0.05) is 0 Å². The van der Waals surface area contributed by atoms with Gasteiger partial charge in [0.25, 0.3) is 0 Å². The van der Waals surface area contributed by atoms with E-state index in [0.29, 0.717) is 0 Å². The lowest BCUT2D eigenvalue weighted by Crippen LogP contribution is -1.98. The topological polar surface area (TPSA) is 33.6 Å². The van der Waals surface area contributed by atoms with E-state index in [-0.39, 0.29) is 0 Å². The Kier molecular flexibility index (Phi) is 16.5. The van der Waals surface area contributed by atoms with Crippen molar-refractivity contribution in [3.63, 3.8) is 0 Å². The number of para-hydroxylation sites is 1. The van der Waals surface area contributed by atoms with Crippen LogP contribution in [-0.2, 0) is 0 Å². The second-order valence-corrected chi connectivity index (χ2v) is 9.46. The molecular weight excluding hydrogens is 416 g/mol. The molecule has 2 rings (SSSR count). The van der Waals surface area contributed by atoms with Gasteiger partial charge < -0.3 is 4.74 Å². The van der Waals surface area contributed by atoms with E-state index < -0.39 is 0 Å². The average molecular weight is 465 g/mol. The van der Waals surface area contributed by atoms with Crippen molar-refractivity contribution in [2.45, 2.75) is 110 Å². The second-order valence-electron chi connectivity index (χ2n) is 9.46. The number of benzene rings is 2. The fourth-order valence-corrected chi connectivity index (χ4v) is 4.22. The molecule has 0 radical (unpaired) electrons. The zero-order valence-electron chi connectivity index (χ0n) is 21.6. The van der Waals surface area contributed by atoms with E-state index in [9.17, 15) is 0 Å². The van der Waals surface area contributed by atoms with Gasteiger partial charge in [0.2, 0.25) is 0 Å². The maximum atomic E-state index is 5.95.